The van der Waals surface area contributed by atoms with Gasteiger partial charge in [0.2, 0.25) is 5.91 Å². The number of likely N-dealkylation sites (tertiary alicyclic amines) is 1. The predicted octanol–water partition coefficient (Wildman–Crippen LogP) is 1.68. The third-order valence-corrected chi connectivity index (χ3v) is 4.40. The molecule has 21 heavy (non-hydrogen) atoms. The number of piperidine rings is 1. The number of rotatable bonds is 3. The van der Waals surface area contributed by atoms with Crippen LogP contribution in [0.1, 0.15) is 33.1 Å². The number of nitrogens with zero attached hydrogens (tertiary/aromatic N) is 2. The maximum absolute atomic E-state index is 12.9. The van der Waals surface area contributed by atoms with Gasteiger partial charge in [0.25, 0.3) is 6.43 Å². The van der Waals surface area contributed by atoms with E-state index in [1.165, 1.54) is 18.7 Å². The molecule has 2 rings (SSSR count). The van der Waals surface area contributed by atoms with Crippen LogP contribution in [0.25, 0.3) is 0 Å². The molecule has 0 aromatic heterocycles. The van der Waals surface area contributed by atoms with Crippen LogP contribution in [-0.2, 0) is 4.79 Å². The third kappa shape index (κ3) is 3.27. The van der Waals surface area contributed by atoms with Crippen LogP contribution in [0.5, 0.6) is 0 Å². The Morgan fingerprint density at radius 1 is 1.29 bits per heavy atom. The van der Waals surface area contributed by atoms with Gasteiger partial charge in [-0.3, -0.25) is 4.79 Å². The van der Waals surface area contributed by atoms with Crippen molar-refractivity contribution in [3.05, 3.63) is 0 Å². The fourth-order valence-corrected chi connectivity index (χ4v) is 2.88. The van der Waals surface area contributed by atoms with Crippen LogP contribution >= 0.6 is 0 Å². The van der Waals surface area contributed by atoms with Gasteiger partial charge in [-0.2, -0.15) is 0 Å². The molecule has 2 aliphatic rings. The number of hydrogen-bond donors (Lipinski definition) is 1. The molecular weight excluding hydrogens is 280 g/mol. The molecule has 0 aliphatic carbocycles. The van der Waals surface area contributed by atoms with E-state index in [1.54, 1.807) is 0 Å². The average molecular weight is 303 g/mol. The quantitative estimate of drug-likeness (QED) is 0.862. The Bertz CT molecular complexity index is 407. The fraction of sp³-hybridized carbons (Fsp3) is 0.857. The van der Waals surface area contributed by atoms with E-state index >= 15 is 0 Å². The highest BCUT2D eigenvalue weighted by Gasteiger charge is 2.42. The summed E-state index contributed by atoms with van der Waals surface area (Å²) in [6.45, 7) is 4.86. The zero-order valence-electron chi connectivity index (χ0n) is 12.6. The first-order chi connectivity index (χ1) is 9.84. The van der Waals surface area contributed by atoms with Crippen molar-refractivity contribution in [1.82, 2.24) is 15.1 Å². The van der Waals surface area contributed by atoms with Gasteiger partial charge in [0.1, 0.15) is 5.41 Å². The summed E-state index contributed by atoms with van der Waals surface area (Å²) in [7, 11) is 0. The maximum Gasteiger partial charge on any atom is 0.317 e. The van der Waals surface area contributed by atoms with Crippen LogP contribution in [0.4, 0.5) is 13.6 Å². The van der Waals surface area contributed by atoms with E-state index in [-0.39, 0.29) is 12.1 Å². The minimum absolute atomic E-state index is 0.0565. The number of urea groups is 1. The van der Waals surface area contributed by atoms with Gasteiger partial charge in [-0.25, -0.2) is 13.6 Å². The van der Waals surface area contributed by atoms with E-state index in [1.807, 2.05) is 4.90 Å². The predicted molar refractivity (Wildman–Crippen MR) is 74.1 cm³/mol. The van der Waals surface area contributed by atoms with Gasteiger partial charge in [-0.15, -0.1) is 0 Å². The fourth-order valence-electron chi connectivity index (χ4n) is 2.88. The molecule has 0 spiro atoms. The van der Waals surface area contributed by atoms with Crippen LogP contribution in [0, 0.1) is 5.41 Å². The Hall–Kier alpha value is -1.40. The van der Waals surface area contributed by atoms with Crippen LogP contribution in [0.15, 0.2) is 0 Å². The summed E-state index contributed by atoms with van der Waals surface area (Å²) >= 11 is 0. The highest BCUT2D eigenvalue weighted by atomic mass is 19.3. The molecule has 2 saturated heterocycles. The molecule has 0 aromatic carbocycles. The first-order valence-electron chi connectivity index (χ1n) is 7.46. The van der Waals surface area contributed by atoms with Crippen LogP contribution < -0.4 is 5.32 Å². The monoisotopic (exact) mass is 303 g/mol. The molecule has 1 N–H and O–H groups in total. The van der Waals surface area contributed by atoms with Crippen molar-refractivity contribution >= 4 is 11.9 Å². The molecule has 7 heteroatoms. The molecular formula is C14H23F2N3O2. The third-order valence-electron chi connectivity index (χ3n) is 4.40. The lowest BCUT2D eigenvalue weighted by Crippen LogP contribution is -2.56. The van der Waals surface area contributed by atoms with E-state index in [9.17, 15) is 18.4 Å². The van der Waals surface area contributed by atoms with Crippen molar-refractivity contribution < 1.29 is 18.4 Å². The first-order valence-corrected chi connectivity index (χ1v) is 7.46. The van der Waals surface area contributed by atoms with Gasteiger partial charge in [-0.1, -0.05) is 0 Å². The van der Waals surface area contributed by atoms with Gasteiger partial charge in [0.15, 0.2) is 0 Å². The molecule has 0 atom stereocenters. The minimum Gasteiger partial charge on any atom is -0.342 e. The molecule has 2 aliphatic heterocycles. The molecule has 0 bridgehead atoms. The average Bonchev–Trinajstić information content (AvgIpc) is 2.47. The summed E-state index contributed by atoms with van der Waals surface area (Å²) in [4.78, 5) is 27.3. The first kappa shape index (κ1) is 16.0. The topological polar surface area (TPSA) is 52.7 Å². The Balaban J connectivity index is 1.91. The smallest absolute Gasteiger partial charge is 0.317 e. The number of amides is 3. The van der Waals surface area contributed by atoms with Crippen molar-refractivity contribution in [2.24, 2.45) is 5.41 Å². The summed E-state index contributed by atoms with van der Waals surface area (Å²) in [5.74, 6) is -0.501. The summed E-state index contributed by atoms with van der Waals surface area (Å²) in [6.07, 6.45) is -0.448. The lowest BCUT2D eigenvalue weighted by atomic mass is 9.90. The van der Waals surface area contributed by atoms with E-state index in [2.05, 4.69) is 5.32 Å². The molecule has 120 valence electrons. The van der Waals surface area contributed by atoms with Crippen LogP contribution in [0.2, 0.25) is 0 Å². The van der Waals surface area contributed by atoms with E-state index < -0.39 is 17.7 Å². The maximum atomic E-state index is 12.9. The van der Waals surface area contributed by atoms with Gasteiger partial charge in [0, 0.05) is 32.2 Å². The zero-order chi connectivity index (χ0) is 15.6. The Morgan fingerprint density at radius 2 is 1.90 bits per heavy atom. The lowest BCUT2D eigenvalue weighted by Gasteiger charge is -2.41. The zero-order valence-corrected chi connectivity index (χ0v) is 12.6. The number of nitrogens with one attached hydrogen (secondary N) is 1. The molecule has 3 amide bonds. The Labute approximate surface area is 123 Å². The number of carbonyl (C=O) groups is 2. The standard InChI is InChI=1S/C14H23F2N3O2/c1-14(2,11(15)16)12(20)18-8-4-10(5-9-18)19-7-3-6-17-13(19)21/h10-11H,3-9H2,1-2H3,(H,17,21). The number of hydrogen-bond acceptors (Lipinski definition) is 2. The second-order valence-corrected chi connectivity index (χ2v) is 6.32. The molecule has 5 nitrogen and oxygen atoms in total. The van der Waals surface area contributed by atoms with Crippen molar-refractivity contribution in [1.29, 1.82) is 0 Å². The van der Waals surface area contributed by atoms with Gasteiger partial charge in [-0.05, 0) is 33.1 Å². The minimum atomic E-state index is -2.67. The summed E-state index contributed by atoms with van der Waals surface area (Å²) < 4.78 is 25.9. The van der Waals surface area contributed by atoms with Crippen molar-refractivity contribution in [3.8, 4) is 0 Å². The van der Waals surface area contributed by atoms with Gasteiger partial charge < -0.3 is 15.1 Å². The van der Waals surface area contributed by atoms with Crippen molar-refractivity contribution in [2.75, 3.05) is 26.2 Å². The highest BCUT2D eigenvalue weighted by Crippen LogP contribution is 2.29. The largest absolute Gasteiger partial charge is 0.342 e. The molecule has 0 saturated carbocycles. The second kappa shape index (κ2) is 6.15. The summed E-state index contributed by atoms with van der Waals surface area (Å²) in [5.41, 5.74) is -1.64. The normalized spacial score (nSPS) is 21.7. The van der Waals surface area contributed by atoms with Gasteiger partial charge >= 0.3 is 6.03 Å². The molecule has 2 fully saturated rings. The second-order valence-electron chi connectivity index (χ2n) is 6.32. The SMILES string of the molecule is CC(C)(C(=O)N1CCC(N2CCCNC2=O)CC1)C(F)F. The van der Waals surface area contributed by atoms with E-state index in [4.69, 9.17) is 0 Å². The van der Waals surface area contributed by atoms with Crippen molar-refractivity contribution in [2.45, 2.75) is 45.6 Å². The molecule has 2 heterocycles. The van der Waals surface area contributed by atoms with E-state index in [0.29, 0.717) is 32.5 Å². The van der Waals surface area contributed by atoms with Crippen LogP contribution in [0.3, 0.4) is 0 Å². The Kier molecular flexibility index (Phi) is 4.68. The number of carbonyl (C=O) groups excluding carboxylic acids is 2. The number of halogens is 2. The Morgan fingerprint density at radius 3 is 2.43 bits per heavy atom. The van der Waals surface area contributed by atoms with Crippen LogP contribution in [-0.4, -0.2) is 60.4 Å². The number of alkyl halides is 2. The highest BCUT2D eigenvalue weighted by molar-refractivity contribution is 5.82. The van der Waals surface area contributed by atoms with Gasteiger partial charge in [0.05, 0.1) is 0 Å². The molecule has 0 aromatic rings. The molecule has 0 radical (unpaired) electrons. The molecule has 0 unspecified atom stereocenters. The van der Waals surface area contributed by atoms with Crippen molar-refractivity contribution in [3.63, 3.8) is 0 Å². The van der Waals surface area contributed by atoms with E-state index in [0.717, 1.165) is 13.0 Å². The lowest BCUT2D eigenvalue weighted by molar-refractivity contribution is -0.150. The summed E-state index contributed by atoms with van der Waals surface area (Å²) in [5, 5.41) is 2.81. The summed E-state index contributed by atoms with van der Waals surface area (Å²) in [6, 6.07) is 0.0444.